The Morgan fingerprint density at radius 1 is 1.17 bits per heavy atom. The third-order valence-corrected chi connectivity index (χ3v) is 5.57. The number of ether oxygens (including phenoxy) is 1. The van der Waals surface area contributed by atoms with Crippen molar-refractivity contribution in [3.8, 4) is 22.6 Å². The van der Waals surface area contributed by atoms with Crippen LogP contribution in [-0.2, 0) is 11.8 Å². The Kier molecular flexibility index (Phi) is 4.32. The maximum Gasteiger partial charge on any atom is 0.226 e. The highest BCUT2D eigenvalue weighted by molar-refractivity contribution is 5.94. The number of rotatable bonds is 3. The molecule has 0 radical (unpaired) electrons. The fraction of sp³-hybridized carbons (Fsp3) is 0.318. The molecule has 0 amide bonds. The summed E-state index contributed by atoms with van der Waals surface area (Å²) in [5.41, 5.74) is 6.09. The van der Waals surface area contributed by atoms with E-state index in [0.29, 0.717) is 13.2 Å². The molecule has 0 unspecified atom stereocenters. The van der Waals surface area contributed by atoms with Gasteiger partial charge in [0.2, 0.25) is 5.95 Å². The van der Waals surface area contributed by atoms with Crippen molar-refractivity contribution in [3.63, 3.8) is 0 Å². The standard InChI is InChI=1S/C22H24N6O/c1-14-12-24-27(3)21(14)20-11-19(16-5-4-6-18-17(16)7-8-23-18)25-22(26-20)28-9-10-29-13-15(28)2/h4-8,11-12,15,23H,9-10,13H2,1-3H3/t15-/m1/s1. The van der Waals surface area contributed by atoms with Crippen LogP contribution in [0.15, 0.2) is 42.7 Å². The zero-order chi connectivity index (χ0) is 20.0. The number of anilines is 1. The van der Waals surface area contributed by atoms with Crippen LogP contribution in [0.25, 0.3) is 33.5 Å². The molecule has 7 heteroatoms. The van der Waals surface area contributed by atoms with Crippen molar-refractivity contribution < 1.29 is 4.74 Å². The fourth-order valence-electron chi connectivity index (χ4n) is 4.07. The number of nitrogens with one attached hydrogen (secondary N) is 1. The Labute approximate surface area is 169 Å². The number of fused-ring (bicyclic) bond motifs is 1. The minimum Gasteiger partial charge on any atom is -0.377 e. The van der Waals surface area contributed by atoms with E-state index in [-0.39, 0.29) is 6.04 Å². The van der Waals surface area contributed by atoms with Crippen molar-refractivity contribution in [2.45, 2.75) is 19.9 Å². The largest absolute Gasteiger partial charge is 0.377 e. The van der Waals surface area contributed by atoms with Gasteiger partial charge in [-0.25, -0.2) is 9.97 Å². The number of nitrogens with zero attached hydrogens (tertiary/aromatic N) is 5. The normalized spacial score (nSPS) is 17.2. The van der Waals surface area contributed by atoms with Gasteiger partial charge in [0.1, 0.15) is 0 Å². The number of aromatic amines is 1. The Hall–Kier alpha value is -3.19. The Morgan fingerprint density at radius 3 is 2.83 bits per heavy atom. The van der Waals surface area contributed by atoms with Gasteiger partial charge in [-0.05, 0) is 37.6 Å². The minimum absolute atomic E-state index is 0.225. The summed E-state index contributed by atoms with van der Waals surface area (Å²) in [4.78, 5) is 15.5. The topological polar surface area (TPSA) is 71.9 Å². The molecule has 0 bridgehead atoms. The van der Waals surface area contributed by atoms with E-state index in [1.54, 1.807) is 0 Å². The molecule has 3 aromatic heterocycles. The molecule has 1 N–H and O–H groups in total. The fourth-order valence-corrected chi connectivity index (χ4v) is 4.07. The molecule has 0 saturated carbocycles. The van der Waals surface area contributed by atoms with E-state index in [2.05, 4.69) is 59.2 Å². The van der Waals surface area contributed by atoms with Gasteiger partial charge in [0, 0.05) is 36.3 Å². The molecule has 4 heterocycles. The third kappa shape index (κ3) is 3.07. The van der Waals surface area contributed by atoms with Crippen molar-refractivity contribution in [2.24, 2.45) is 7.05 Å². The van der Waals surface area contributed by atoms with Crippen LogP contribution >= 0.6 is 0 Å². The summed E-state index contributed by atoms with van der Waals surface area (Å²) in [5.74, 6) is 0.737. The molecule has 0 aliphatic carbocycles. The predicted octanol–water partition coefficient (Wildman–Crippen LogP) is 3.56. The lowest BCUT2D eigenvalue weighted by Crippen LogP contribution is -2.44. The van der Waals surface area contributed by atoms with Crippen LogP contribution in [0.4, 0.5) is 5.95 Å². The number of hydrogen-bond acceptors (Lipinski definition) is 5. The van der Waals surface area contributed by atoms with Crippen molar-refractivity contribution in [3.05, 3.63) is 48.3 Å². The maximum atomic E-state index is 5.62. The highest BCUT2D eigenvalue weighted by Gasteiger charge is 2.24. The molecule has 1 aliphatic rings. The van der Waals surface area contributed by atoms with E-state index in [1.165, 1.54) is 0 Å². The summed E-state index contributed by atoms with van der Waals surface area (Å²) in [7, 11) is 1.95. The second-order valence-corrected chi connectivity index (χ2v) is 7.60. The second kappa shape index (κ2) is 7.00. The highest BCUT2D eigenvalue weighted by Crippen LogP contribution is 2.32. The molecule has 1 aromatic carbocycles. The quantitative estimate of drug-likeness (QED) is 0.581. The van der Waals surface area contributed by atoms with Gasteiger partial charge in [-0.15, -0.1) is 0 Å². The molecule has 7 nitrogen and oxygen atoms in total. The van der Waals surface area contributed by atoms with Crippen molar-refractivity contribution in [1.82, 2.24) is 24.7 Å². The van der Waals surface area contributed by atoms with E-state index in [9.17, 15) is 0 Å². The Bertz CT molecular complexity index is 1160. The summed E-state index contributed by atoms with van der Waals surface area (Å²) in [5, 5.41) is 5.56. The van der Waals surface area contributed by atoms with E-state index in [1.807, 2.05) is 24.1 Å². The molecule has 1 aliphatic heterocycles. The van der Waals surface area contributed by atoms with Crippen molar-refractivity contribution in [2.75, 3.05) is 24.7 Å². The average molecular weight is 388 g/mol. The highest BCUT2D eigenvalue weighted by atomic mass is 16.5. The molecule has 5 rings (SSSR count). The van der Waals surface area contributed by atoms with Crippen LogP contribution in [0.3, 0.4) is 0 Å². The molecule has 1 saturated heterocycles. The zero-order valence-corrected chi connectivity index (χ0v) is 16.9. The average Bonchev–Trinajstić information content (AvgIpc) is 3.34. The monoisotopic (exact) mass is 388 g/mol. The molecular formula is C22H24N6O. The minimum atomic E-state index is 0.225. The number of aromatic nitrogens is 5. The zero-order valence-electron chi connectivity index (χ0n) is 16.9. The number of H-pyrrole nitrogens is 1. The lowest BCUT2D eigenvalue weighted by Gasteiger charge is -2.33. The summed E-state index contributed by atoms with van der Waals surface area (Å²) >= 11 is 0. The van der Waals surface area contributed by atoms with Crippen LogP contribution in [0.2, 0.25) is 0 Å². The van der Waals surface area contributed by atoms with Gasteiger partial charge in [-0.1, -0.05) is 12.1 Å². The van der Waals surface area contributed by atoms with Crippen LogP contribution in [0, 0.1) is 6.92 Å². The van der Waals surface area contributed by atoms with Crippen molar-refractivity contribution in [1.29, 1.82) is 0 Å². The van der Waals surface area contributed by atoms with Crippen LogP contribution in [0.1, 0.15) is 12.5 Å². The summed E-state index contributed by atoms with van der Waals surface area (Å²) in [6.45, 7) is 6.36. The van der Waals surface area contributed by atoms with Gasteiger partial charge in [-0.3, -0.25) is 4.68 Å². The molecule has 1 fully saturated rings. The molecule has 148 valence electrons. The molecular weight excluding hydrogens is 364 g/mol. The first-order valence-corrected chi connectivity index (χ1v) is 9.91. The number of hydrogen-bond donors (Lipinski definition) is 1. The predicted molar refractivity (Wildman–Crippen MR) is 114 cm³/mol. The van der Waals surface area contributed by atoms with Crippen LogP contribution < -0.4 is 4.90 Å². The van der Waals surface area contributed by atoms with E-state index in [4.69, 9.17) is 14.7 Å². The first-order valence-electron chi connectivity index (χ1n) is 9.91. The van der Waals surface area contributed by atoms with Gasteiger partial charge < -0.3 is 14.6 Å². The maximum absolute atomic E-state index is 5.62. The van der Waals surface area contributed by atoms with Crippen LogP contribution in [-0.4, -0.2) is 50.5 Å². The molecule has 29 heavy (non-hydrogen) atoms. The van der Waals surface area contributed by atoms with Crippen LogP contribution in [0.5, 0.6) is 0 Å². The van der Waals surface area contributed by atoms with Gasteiger partial charge in [-0.2, -0.15) is 5.10 Å². The lowest BCUT2D eigenvalue weighted by atomic mass is 10.1. The SMILES string of the molecule is Cc1cnn(C)c1-c1cc(-c2cccc3[nH]ccc23)nc(N2CCOC[C@H]2C)n1. The second-order valence-electron chi connectivity index (χ2n) is 7.60. The van der Waals surface area contributed by atoms with E-state index in [0.717, 1.165) is 51.6 Å². The van der Waals surface area contributed by atoms with Gasteiger partial charge >= 0.3 is 0 Å². The van der Waals surface area contributed by atoms with E-state index >= 15 is 0 Å². The summed E-state index contributed by atoms with van der Waals surface area (Å²) in [6, 6.07) is 10.6. The van der Waals surface area contributed by atoms with Crippen molar-refractivity contribution >= 4 is 16.9 Å². The number of morpholine rings is 1. The molecule has 0 spiro atoms. The third-order valence-electron chi connectivity index (χ3n) is 5.57. The van der Waals surface area contributed by atoms with Gasteiger partial charge in [0.25, 0.3) is 0 Å². The van der Waals surface area contributed by atoms with E-state index < -0.39 is 0 Å². The number of benzene rings is 1. The lowest BCUT2D eigenvalue weighted by molar-refractivity contribution is 0.0981. The Balaban J connectivity index is 1.73. The number of aryl methyl sites for hydroxylation is 2. The molecule has 4 aromatic rings. The summed E-state index contributed by atoms with van der Waals surface area (Å²) in [6.07, 6.45) is 3.84. The molecule has 1 atom stereocenters. The first kappa shape index (κ1) is 17.9. The smallest absolute Gasteiger partial charge is 0.226 e. The Morgan fingerprint density at radius 2 is 2.03 bits per heavy atom. The van der Waals surface area contributed by atoms with Gasteiger partial charge in [0.05, 0.1) is 42.5 Å². The van der Waals surface area contributed by atoms with Gasteiger partial charge in [0.15, 0.2) is 0 Å². The summed E-state index contributed by atoms with van der Waals surface area (Å²) < 4.78 is 7.50. The first-order chi connectivity index (χ1) is 14.1.